The zero-order valence-electron chi connectivity index (χ0n) is 17.2. The molecule has 4 aromatic rings. The number of nitrogens with two attached hydrogens (primary N) is 1. The van der Waals surface area contributed by atoms with Crippen molar-refractivity contribution in [2.24, 2.45) is 5.16 Å². The van der Waals surface area contributed by atoms with Crippen LogP contribution in [0.1, 0.15) is 30.3 Å². The number of nitrogens with one attached hydrogen (secondary N) is 1. The molecule has 3 N–H and O–H groups in total. The van der Waals surface area contributed by atoms with E-state index < -0.39 is 11.3 Å². The van der Waals surface area contributed by atoms with Gasteiger partial charge in [0.15, 0.2) is 11.4 Å². The number of oxime groups is 1. The van der Waals surface area contributed by atoms with Gasteiger partial charge in [0.1, 0.15) is 5.82 Å². The van der Waals surface area contributed by atoms with Gasteiger partial charge < -0.3 is 15.6 Å². The van der Waals surface area contributed by atoms with Gasteiger partial charge in [0, 0.05) is 27.1 Å². The van der Waals surface area contributed by atoms with E-state index in [1.54, 1.807) is 12.3 Å². The molecule has 5 rings (SSSR count). The van der Waals surface area contributed by atoms with Gasteiger partial charge in [-0.15, -0.1) is 0 Å². The summed E-state index contributed by atoms with van der Waals surface area (Å²) in [6.45, 7) is 3.92. The highest BCUT2D eigenvalue weighted by Gasteiger charge is 2.39. The Labute approximate surface area is 199 Å². The Hall–Kier alpha value is -2.98. The van der Waals surface area contributed by atoms with E-state index in [9.17, 15) is 4.79 Å². The first-order chi connectivity index (χ1) is 15.2. The fourth-order valence-electron chi connectivity index (χ4n) is 3.76. The molecule has 1 aliphatic heterocycles. The molecular weight excluding hydrogens is 540 g/mol. The fraction of sp³-hybridized carbons (Fsp3) is 0.182. The molecule has 1 unspecified atom stereocenters. The first-order valence-electron chi connectivity index (χ1n) is 9.80. The van der Waals surface area contributed by atoms with Crippen LogP contribution in [0.4, 0.5) is 5.82 Å². The van der Waals surface area contributed by atoms with Crippen LogP contribution in [-0.2, 0) is 10.4 Å². The van der Waals surface area contributed by atoms with Gasteiger partial charge >= 0.3 is 5.69 Å². The molecule has 10 heteroatoms. The van der Waals surface area contributed by atoms with Gasteiger partial charge in [-0.1, -0.05) is 5.16 Å². The third-order valence-corrected chi connectivity index (χ3v) is 7.23. The molecule has 0 aliphatic carbocycles. The molecule has 8 nitrogen and oxygen atoms in total. The number of aromatic amines is 1. The Morgan fingerprint density at radius 3 is 2.72 bits per heavy atom. The van der Waals surface area contributed by atoms with Crippen molar-refractivity contribution in [2.75, 3.05) is 5.73 Å². The number of fused-ring (bicyclic) bond motifs is 1. The number of rotatable bonds is 3. The van der Waals surface area contributed by atoms with Crippen LogP contribution in [0.15, 0.2) is 61.5 Å². The summed E-state index contributed by atoms with van der Waals surface area (Å²) < 4.78 is 3.32. The zero-order valence-corrected chi connectivity index (χ0v) is 20.4. The van der Waals surface area contributed by atoms with E-state index in [1.807, 2.05) is 44.2 Å². The highest BCUT2D eigenvalue weighted by molar-refractivity contribution is 9.13. The number of anilines is 1. The minimum absolute atomic E-state index is 0.188. The lowest BCUT2D eigenvalue weighted by Crippen LogP contribution is -2.24. The van der Waals surface area contributed by atoms with Crippen LogP contribution in [0.25, 0.3) is 16.7 Å². The quantitative estimate of drug-likeness (QED) is 0.383. The standard InChI is InChI=1S/C22H18Br2N6O2/c1-11-5-12(7-13(6-11)30-4-3-19(25)28-21(30)31)18-10-22(2,32-29-18)20-26-16-8-14(23)15(24)9-17(16)27-20/h3-9H,10H2,1-2H3,(H,26,27)(H2,25,28,31). The third kappa shape index (κ3) is 3.63. The van der Waals surface area contributed by atoms with E-state index >= 15 is 0 Å². The molecule has 3 heterocycles. The van der Waals surface area contributed by atoms with Gasteiger partial charge in [-0.3, -0.25) is 4.57 Å². The molecule has 0 amide bonds. The summed E-state index contributed by atoms with van der Waals surface area (Å²) in [7, 11) is 0. The van der Waals surface area contributed by atoms with E-state index in [1.165, 1.54) is 4.57 Å². The van der Waals surface area contributed by atoms with Gasteiger partial charge in [-0.05, 0) is 87.7 Å². The third-order valence-electron chi connectivity index (χ3n) is 5.39. The molecule has 0 saturated carbocycles. The predicted molar refractivity (Wildman–Crippen MR) is 130 cm³/mol. The number of benzene rings is 2. The lowest BCUT2D eigenvalue weighted by Gasteiger charge is -2.18. The second kappa shape index (κ2) is 7.56. The summed E-state index contributed by atoms with van der Waals surface area (Å²) in [5.74, 6) is 0.886. The van der Waals surface area contributed by atoms with Crippen LogP contribution >= 0.6 is 31.9 Å². The van der Waals surface area contributed by atoms with Crippen LogP contribution in [-0.4, -0.2) is 25.2 Å². The van der Waals surface area contributed by atoms with Crippen LogP contribution < -0.4 is 11.4 Å². The van der Waals surface area contributed by atoms with E-state index in [-0.39, 0.29) is 5.82 Å². The summed E-state index contributed by atoms with van der Waals surface area (Å²) in [4.78, 5) is 30.1. The lowest BCUT2D eigenvalue weighted by atomic mass is 9.94. The zero-order chi connectivity index (χ0) is 22.6. The molecule has 0 bridgehead atoms. The van der Waals surface area contributed by atoms with Crippen molar-refractivity contribution in [3.63, 3.8) is 0 Å². The highest BCUT2D eigenvalue weighted by Crippen LogP contribution is 2.37. The van der Waals surface area contributed by atoms with Crippen LogP contribution in [0.3, 0.4) is 0 Å². The SMILES string of the molecule is Cc1cc(C2=NOC(C)(c3nc4cc(Br)c(Br)cc4[nH]3)C2)cc(-n2ccc(N)nc2=O)c1. The first-order valence-corrected chi connectivity index (χ1v) is 11.4. The molecule has 2 aromatic heterocycles. The van der Waals surface area contributed by atoms with E-state index in [0.29, 0.717) is 17.9 Å². The summed E-state index contributed by atoms with van der Waals surface area (Å²) >= 11 is 7.03. The molecule has 1 aliphatic rings. The van der Waals surface area contributed by atoms with Crippen molar-refractivity contribution in [1.29, 1.82) is 0 Å². The molecule has 0 radical (unpaired) electrons. The molecule has 0 saturated heterocycles. The van der Waals surface area contributed by atoms with Crippen molar-refractivity contribution in [2.45, 2.75) is 25.9 Å². The summed E-state index contributed by atoms with van der Waals surface area (Å²) in [5.41, 5.74) is 9.50. The van der Waals surface area contributed by atoms with Crippen LogP contribution in [0.5, 0.6) is 0 Å². The van der Waals surface area contributed by atoms with Crippen molar-refractivity contribution < 1.29 is 4.84 Å². The fourth-order valence-corrected chi connectivity index (χ4v) is 4.43. The number of nitrogens with zero attached hydrogens (tertiary/aromatic N) is 4. The maximum absolute atomic E-state index is 12.3. The van der Waals surface area contributed by atoms with Crippen molar-refractivity contribution in [3.05, 3.63) is 79.0 Å². The minimum Gasteiger partial charge on any atom is -0.383 e. The van der Waals surface area contributed by atoms with Crippen LogP contribution in [0, 0.1) is 6.92 Å². The number of imidazole rings is 1. The normalized spacial score (nSPS) is 18.1. The lowest BCUT2D eigenvalue weighted by molar-refractivity contribution is -0.0135. The number of aromatic nitrogens is 4. The summed E-state index contributed by atoms with van der Waals surface area (Å²) in [6, 6.07) is 11.3. The van der Waals surface area contributed by atoms with Crippen molar-refractivity contribution in [1.82, 2.24) is 19.5 Å². The average molecular weight is 558 g/mol. The van der Waals surface area contributed by atoms with E-state index in [0.717, 1.165) is 36.8 Å². The predicted octanol–water partition coefficient (Wildman–Crippen LogP) is 4.56. The topological polar surface area (TPSA) is 111 Å². The largest absolute Gasteiger partial charge is 0.383 e. The molecular formula is C22H18Br2N6O2. The Morgan fingerprint density at radius 1 is 1.16 bits per heavy atom. The number of H-pyrrole nitrogens is 1. The number of nitrogen functional groups attached to an aromatic ring is 1. The first kappa shape index (κ1) is 20.9. The number of hydrogen-bond donors (Lipinski definition) is 2. The Balaban J connectivity index is 1.49. The van der Waals surface area contributed by atoms with Gasteiger partial charge in [0.25, 0.3) is 0 Å². The Bertz CT molecular complexity index is 1440. The molecule has 1 atom stereocenters. The second-order valence-corrected chi connectivity index (χ2v) is 9.68. The second-order valence-electron chi connectivity index (χ2n) is 7.97. The summed E-state index contributed by atoms with van der Waals surface area (Å²) in [6.07, 6.45) is 2.14. The molecule has 0 fully saturated rings. The maximum atomic E-state index is 12.3. The Kier molecular flexibility index (Phi) is 4.94. The highest BCUT2D eigenvalue weighted by atomic mass is 79.9. The average Bonchev–Trinajstić information content (AvgIpc) is 3.33. The van der Waals surface area contributed by atoms with Gasteiger partial charge in [0.05, 0.1) is 22.4 Å². The molecule has 32 heavy (non-hydrogen) atoms. The molecule has 2 aromatic carbocycles. The number of aryl methyl sites for hydroxylation is 1. The van der Waals surface area contributed by atoms with Crippen molar-refractivity contribution >= 4 is 54.4 Å². The molecule has 0 spiro atoms. The van der Waals surface area contributed by atoms with Gasteiger partial charge in [-0.2, -0.15) is 4.98 Å². The van der Waals surface area contributed by atoms with Gasteiger partial charge in [0.2, 0.25) is 0 Å². The van der Waals surface area contributed by atoms with Gasteiger partial charge in [-0.25, -0.2) is 9.78 Å². The number of hydrogen-bond acceptors (Lipinski definition) is 6. The maximum Gasteiger partial charge on any atom is 0.354 e. The number of halogens is 2. The van der Waals surface area contributed by atoms with Crippen LogP contribution in [0.2, 0.25) is 0 Å². The minimum atomic E-state index is -0.739. The summed E-state index contributed by atoms with van der Waals surface area (Å²) in [5, 5.41) is 4.37. The Morgan fingerprint density at radius 2 is 1.94 bits per heavy atom. The molecule has 162 valence electrons. The van der Waals surface area contributed by atoms with E-state index in [4.69, 9.17) is 15.6 Å². The van der Waals surface area contributed by atoms with E-state index in [2.05, 4.69) is 47.0 Å². The smallest absolute Gasteiger partial charge is 0.354 e. The monoisotopic (exact) mass is 556 g/mol. The van der Waals surface area contributed by atoms with Crippen molar-refractivity contribution in [3.8, 4) is 5.69 Å².